The number of nitrogens with one attached hydrogen (secondary N) is 1. The molecule has 0 aliphatic rings. The number of hydrogen-bond donors (Lipinski definition) is 1. The van der Waals surface area contributed by atoms with E-state index in [0.29, 0.717) is 5.92 Å². The molecule has 1 aromatic rings. The topological polar surface area (TPSA) is 12.0 Å². The van der Waals surface area contributed by atoms with Crippen LogP contribution in [0.25, 0.3) is 0 Å². The Morgan fingerprint density at radius 2 is 1.79 bits per heavy atom. The maximum atomic E-state index is 6.33. The third-order valence-corrected chi connectivity index (χ3v) is 3.99. The van der Waals surface area contributed by atoms with Crippen LogP contribution in [0.2, 0.25) is 5.02 Å². The zero-order valence-electron chi connectivity index (χ0n) is 12.4. The third-order valence-electron chi connectivity index (χ3n) is 3.64. The summed E-state index contributed by atoms with van der Waals surface area (Å²) in [5.74, 6) is 0.551. The van der Waals surface area contributed by atoms with Crippen molar-refractivity contribution in [1.29, 1.82) is 0 Å². The van der Waals surface area contributed by atoms with Gasteiger partial charge in [-0.15, -0.1) is 0 Å². The molecule has 0 bridgehead atoms. The summed E-state index contributed by atoms with van der Waals surface area (Å²) >= 11 is 6.33. The van der Waals surface area contributed by atoms with Crippen molar-refractivity contribution in [2.45, 2.75) is 58.3 Å². The fourth-order valence-corrected chi connectivity index (χ4v) is 2.78. The largest absolute Gasteiger partial charge is 0.316 e. The summed E-state index contributed by atoms with van der Waals surface area (Å²) in [6.07, 6.45) is 7.94. The minimum atomic E-state index is 0.551. The number of hydrogen-bond acceptors (Lipinski definition) is 1. The molecule has 0 aliphatic heterocycles. The molecule has 0 amide bonds. The summed E-state index contributed by atoms with van der Waals surface area (Å²) in [5, 5.41) is 4.38. The predicted molar refractivity (Wildman–Crippen MR) is 86.1 cm³/mol. The van der Waals surface area contributed by atoms with Crippen LogP contribution in [0.1, 0.15) is 63.9 Å². The number of benzene rings is 1. The van der Waals surface area contributed by atoms with E-state index in [9.17, 15) is 0 Å². The van der Waals surface area contributed by atoms with Crippen molar-refractivity contribution in [2.75, 3.05) is 13.1 Å². The second-order valence-corrected chi connectivity index (χ2v) is 5.64. The van der Waals surface area contributed by atoms with Crippen molar-refractivity contribution >= 4 is 11.6 Å². The van der Waals surface area contributed by atoms with Crippen molar-refractivity contribution in [3.8, 4) is 0 Å². The fourth-order valence-electron chi connectivity index (χ4n) is 2.49. The smallest absolute Gasteiger partial charge is 0.0441 e. The van der Waals surface area contributed by atoms with Gasteiger partial charge in [-0.2, -0.15) is 0 Å². The Kier molecular flexibility index (Phi) is 8.94. The molecule has 0 heterocycles. The van der Waals surface area contributed by atoms with Crippen LogP contribution < -0.4 is 5.32 Å². The van der Waals surface area contributed by atoms with E-state index in [2.05, 4.69) is 31.3 Å². The number of likely N-dealkylation sites (N-methyl/N-ethyl adjacent to an activating group) is 1. The first-order valence-corrected chi connectivity index (χ1v) is 8.12. The highest BCUT2D eigenvalue weighted by Crippen LogP contribution is 2.28. The molecule has 0 aromatic heterocycles. The maximum absolute atomic E-state index is 6.33. The summed E-state index contributed by atoms with van der Waals surface area (Å²) < 4.78 is 0. The van der Waals surface area contributed by atoms with Crippen LogP contribution in [0, 0.1) is 0 Å². The zero-order chi connectivity index (χ0) is 13.9. The highest BCUT2D eigenvalue weighted by Gasteiger charge is 2.13. The van der Waals surface area contributed by atoms with Gasteiger partial charge in [0.1, 0.15) is 0 Å². The monoisotopic (exact) mass is 281 g/mol. The van der Waals surface area contributed by atoms with Gasteiger partial charge in [0, 0.05) is 11.6 Å². The first-order valence-electron chi connectivity index (χ1n) is 7.74. The summed E-state index contributed by atoms with van der Waals surface area (Å²) in [7, 11) is 0. The van der Waals surface area contributed by atoms with E-state index in [1.165, 1.54) is 44.1 Å². The molecule has 0 fully saturated rings. The third kappa shape index (κ3) is 6.44. The molecule has 0 saturated carbocycles. The number of halogens is 1. The highest BCUT2D eigenvalue weighted by molar-refractivity contribution is 6.31. The lowest BCUT2D eigenvalue weighted by Crippen LogP contribution is -2.21. The van der Waals surface area contributed by atoms with Gasteiger partial charge in [0.25, 0.3) is 0 Å². The molecular formula is C17H28ClN. The average molecular weight is 282 g/mol. The Morgan fingerprint density at radius 1 is 1.05 bits per heavy atom. The Labute approximate surface area is 123 Å². The molecule has 1 unspecified atom stereocenters. The van der Waals surface area contributed by atoms with Crippen molar-refractivity contribution in [1.82, 2.24) is 5.32 Å². The lowest BCUT2D eigenvalue weighted by atomic mass is 9.92. The zero-order valence-corrected chi connectivity index (χ0v) is 13.2. The maximum Gasteiger partial charge on any atom is 0.0441 e. The molecule has 108 valence electrons. The second-order valence-electron chi connectivity index (χ2n) is 5.23. The highest BCUT2D eigenvalue weighted by atomic mass is 35.5. The Balaban J connectivity index is 2.49. The lowest BCUT2D eigenvalue weighted by molar-refractivity contribution is 0.516. The minimum absolute atomic E-state index is 0.551. The van der Waals surface area contributed by atoms with Crippen LogP contribution in [0.3, 0.4) is 0 Å². The minimum Gasteiger partial charge on any atom is -0.316 e. The van der Waals surface area contributed by atoms with Gasteiger partial charge in [-0.1, -0.05) is 75.8 Å². The van der Waals surface area contributed by atoms with E-state index >= 15 is 0 Å². The normalized spacial score (nSPS) is 12.6. The van der Waals surface area contributed by atoms with Gasteiger partial charge in [0.15, 0.2) is 0 Å². The van der Waals surface area contributed by atoms with Crippen molar-refractivity contribution in [2.24, 2.45) is 0 Å². The lowest BCUT2D eigenvalue weighted by Gasteiger charge is -2.19. The number of rotatable bonds is 10. The van der Waals surface area contributed by atoms with E-state index < -0.39 is 0 Å². The van der Waals surface area contributed by atoms with Crippen molar-refractivity contribution in [3.63, 3.8) is 0 Å². The molecule has 1 atom stereocenters. The summed E-state index contributed by atoms with van der Waals surface area (Å²) in [6.45, 7) is 6.48. The molecule has 1 rings (SSSR count). The fraction of sp³-hybridized carbons (Fsp3) is 0.647. The molecular weight excluding hydrogens is 254 g/mol. The van der Waals surface area contributed by atoms with Gasteiger partial charge in [0.05, 0.1) is 0 Å². The van der Waals surface area contributed by atoms with Crippen LogP contribution in [-0.4, -0.2) is 13.1 Å². The average Bonchev–Trinajstić information content (AvgIpc) is 2.43. The van der Waals surface area contributed by atoms with Crippen LogP contribution in [0.4, 0.5) is 0 Å². The summed E-state index contributed by atoms with van der Waals surface area (Å²) in [5.41, 5.74) is 1.31. The van der Waals surface area contributed by atoms with Crippen LogP contribution >= 0.6 is 11.6 Å². The van der Waals surface area contributed by atoms with Gasteiger partial charge in [0.2, 0.25) is 0 Å². The van der Waals surface area contributed by atoms with Crippen molar-refractivity contribution in [3.05, 3.63) is 34.9 Å². The first kappa shape index (κ1) is 16.5. The van der Waals surface area contributed by atoms with Gasteiger partial charge >= 0.3 is 0 Å². The Hall–Kier alpha value is -0.530. The molecule has 0 saturated heterocycles. The SMILES string of the molecule is CCCCCCCC(CNCC)c1ccccc1Cl. The second kappa shape index (κ2) is 10.3. The summed E-state index contributed by atoms with van der Waals surface area (Å²) in [4.78, 5) is 0. The predicted octanol–water partition coefficient (Wildman–Crippen LogP) is 5.39. The molecule has 19 heavy (non-hydrogen) atoms. The van der Waals surface area contributed by atoms with E-state index in [1.54, 1.807) is 0 Å². The molecule has 1 nitrogen and oxygen atoms in total. The van der Waals surface area contributed by atoms with E-state index in [1.807, 2.05) is 12.1 Å². The first-order chi connectivity index (χ1) is 9.29. The van der Waals surface area contributed by atoms with Gasteiger partial charge in [-0.05, 0) is 30.5 Å². The molecule has 0 spiro atoms. The van der Waals surface area contributed by atoms with E-state index in [-0.39, 0.29) is 0 Å². The Bertz CT molecular complexity index is 338. The number of unbranched alkanes of at least 4 members (excludes halogenated alkanes) is 4. The van der Waals surface area contributed by atoms with E-state index in [0.717, 1.165) is 18.1 Å². The standard InChI is InChI=1S/C17H28ClN/c1-3-5-6-7-8-11-15(14-19-4-2)16-12-9-10-13-17(16)18/h9-10,12-13,15,19H,3-8,11,14H2,1-2H3. The molecule has 0 radical (unpaired) electrons. The molecule has 2 heteroatoms. The summed E-state index contributed by atoms with van der Waals surface area (Å²) in [6, 6.07) is 8.29. The van der Waals surface area contributed by atoms with Gasteiger partial charge in [-0.3, -0.25) is 0 Å². The van der Waals surface area contributed by atoms with Gasteiger partial charge in [-0.25, -0.2) is 0 Å². The Morgan fingerprint density at radius 3 is 2.47 bits per heavy atom. The molecule has 1 aromatic carbocycles. The van der Waals surface area contributed by atoms with Crippen molar-refractivity contribution < 1.29 is 0 Å². The van der Waals surface area contributed by atoms with Crippen LogP contribution in [-0.2, 0) is 0 Å². The van der Waals surface area contributed by atoms with Gasteiger partial charge < -0.3 is 5.32 Å². The van der Waals surface area contributed by atoms with Crippen LogP contribution in [0.15, 0.2) is 24.3 Å². The van der Waals surface area contributed by atoms with Crippen LogP contribution in [0.5, 0.6) is 0 Å². The molecule has 0 aliphatic carbocycles. The molecule has 1 N–H and O–H groups in total. The van der Waals surface area contributed by atoms with E-state index in [4.69, 9.17) is 11.6 Å². The quantitative estimate of drug-likeness (QED) is 0.567.